The van der Waals surface area contributed by atoms with E-state index in [9.17, 15) is 0 Å². The summed E-state index contributed by atoms with van der Waals surface area (Å²) in [7, 11) is 0. The van der Waals surface area contributed by atoms with Crippen LogP contribution in [-0.4, -0.2) is 15.0 Å². The number of aromatic nitrogens is 3. The molecular weight excluding hydrogens is 301 g/mol. The van der Waals surface area contributed by atoms with Gasteiger partial charge in [0.2, 0.25) is 0 Å². The molecule has 0 unspecified atom stereocenters. The standard InChI is InChI=1S/C9H6BrCl2N3/c10-8-2-1-6(12)3-9(8)15-7(4-11)5-13-14-15/h1-3,5H,4H2. The van der Waals surface area contributed by atoms with Crippen molar-refractivity contribution in [3.8, 4) is 5.69 Å². The van der Waals surface area contributed by atoms with Crippen LogP contribution in [0.1, 0.15) is 5.69 Å². The van der Waals surface area contributed by atoms with Gasteiger partial charge in [-0.15, -0.1) is 16.7 Å². The minimum atomic E-state index is 0.353. The van der Waals surface area contributed by atoms with Crippen molar-refractivity contribution < 1.29 is 0 Å². The Morgan fingerprint density at radius 3 is 2.93 bits per heavy atom. The van der Waals surface area contributed by atoms with E-state index in [1.54, 1.807) is 23.0 Å². The molecule has 0 aliphatic carbocycles. The fraction of sp³-hybridized carbons (Fsp3) is 0.111. The number of alkyl halides is 1. The summed E-state index contributed by atoms with van der Waals surface area (Å²) in [4.78, 5) is 0. The maximum atomic E-state index is 5.91. The van der Waals surface area contributed by atoms with E-state index in [4.69, 9.17) is 23.2 Å². The number of benzene rings is 1. The summed E-state index contributed by atoms with van der Waals surface area (Å²) in [6.45, 7) is 0. The lowest BCUT2D eigenvalue weighted by Crippen LogP contribution is -2.01. The second kappa shape index (κ2) is 4.51. The van der Waals surface area contributed by atoms with Crippen molar-refractivity contribution in [2.45, 2.75) is 5.88 Å². The molecule has 1 aromatic heterocycles. The predicted molar refractivity (Wildman–Crippen MR) is 63.6 cm³/mol. The first-order chi connectivity index (χ1) is 7.22. The molecule has 0 N–H and O–H groups in total. The monoisotopic (exact) mass is 305 g/mol. The lowest BCUT2D eigenvalue weighted by Gasteiger charge is -2.06. The average molecular weight is 307 g/mol. The molecule has 1 heterocycles. The summed E-state index contributed by atoms with van der Waals surface area (Å²) in [6.07, 6.45) is 1.63. The minimum absolute atomic E-state index is 0.353. The average Bonchev–Trinajstić information content (AvgIpc) is 2.69. The normalized spacial score (nSPS) is 10.6. The van der Waals surface area contributed by atoms with Gasteiger partial charge >= 0.3 is 0 Å². The van der Waals surface area contributed by atoms with Crippen LogP contribution < -0.4 is 0 Å². The molecule has 0 fully saturated rings. The topological polar surface area (TPSA) is 30.7 Å². The molecule has 0 bridgehead atoms. The molecule has 6 heteroatoms. The van der Waals surface area contributed by atoms with Crippen LogP contribution in [-0.2, 0) is 5.88 Å². The van der Waals surface area contributed by atoms with Gasteiger partial charge in [0.15, 0.2) is 0 Å². The Morgan fingerprint density at radius 2 is 2.20 bits per heavy atom. The van der Waals surface area contributed by atoms with E-state index in [-0.39, 0.29) is 0 Å². The van der Waals surface area contributed by atoms with Gasteiger partial charge < -0.3 is 0 Å². The number of halogens is 3. The molecule has 3 nitrogen and oxygen atoms in total. The van der Waals surface area contributed by atoms with Crippen LogP contribution in [0.4, 0.5) is 0 Å². The third-order valence-electron chi connectivity index (χ3n) is 1.89. The van der Waals surface area contributed by atoms with Crippen molar-refractivity contribution in [2.24, 2.45) is 0 Å². The van der Waals surface area contributed by atoms with Crippen LogP contribution in [0, 0.1) is 0 Å². The Hall–Kier alpha value is -0.580. The van der Waals surface area contributed by atoms with Crippen LogP contribution in [0.25, 0.3) is 5.69 Å². The van der Waals surface area contributed by atoms with Gasteiger partial charge in [-0.1, -0.05) is 16.8 Å². The Kier molecular flexibility index (Phi) is 3.29. The molecule has 15 heavy (non-hydrogen) atoms. The van der Waals surface area contributed by atoms with Gasteiger partial charge in [0.1, 0.15) is 0 Å². The zero-order valence-corrected chi connectivity index (χ0v) is 10.6. The Morgan fingerprint density at radius 1 is 1.40 bits per heavy atom. The molecule has 0 spiro atoms. The molecule has 0 saturated heterocycles. The highest BCUT2D eigenvalue weighted by Gasteiger charge is 2.08. The van der Waals surface area contributed by atoms with Crippen molar-refractivity contribution >= 4 is 39.1 Å². The summed E-state index contributed by atoms with van der Waals surface area (Å²) >= 11 is 15.1. The van der Waals surface area contributed by atoms with E-state index in [0.29, 0.717) is 10.9 Å². The van der Waals surface area contributed by atoms with Gasteiger partial charge in [0, 0.05) is 9.50 Å². The van der Waals surface area contributed by atoms with Gasteiger partial charge in [-0.2, -0.15) is 0 Å². The number of hydrogen-bond acceptors (Lipinski definition) is 2. The van der Waals surface area contributed by atoms with E-state index >= 15 is 0 Å². The summed E-state index contributed by atoms with van der Waals surface area (Å²) < 4.78 is 2.55. The Balaban J connectivity index is 2.58. The van der Waals surface area contributed by atoms with E-state index < -0.39 is 0 Å². The largest absolute Gasteiger partial charge is 0.215 e. The number of hydrogen-bond donors (Lipinski definition) is 0. The molecule has 0 amide bonds. The molecule has 1 aromatic carbocycles. The van der Waals surface area contributed by atoms with E-state index in [2.05, 4.69) is 26.2 Å². The first kappa shape index (κ1) is 10.9. The molecule has 0 aliphatic heterocycles. The molecule has 78 valence electrons. The first-order valence-electron chi connectivity index (χ1n) is 4.13. The third kappa shape index (κ3) is 2.17. The third-order valence-corrected chi connectivity index (χ3v) is 3.07. The van der Waals surface area contributed by atoms with Crippen molar-refractivity contribution in [1.82, 2.24) is 15.0 Å². The molecule has 2 rings (SSSR count). The van der Waals surface area contributed by atoms with Gasteiger partial charge in [-0.05, 0) is 34.1 Å². The van der Waals surface area contributed by atoms with Crippen molar-refractivity contribution in [2.75, 3.05) is 0 Å². The summed E-state index contributed by atoms with van der Waals surface area (Å²) in [5, 5.41) is 8.40. The highest BCUT2D eigenvalue weighted by molar-refractivity contribution is 9.10. The molecule has 2 aromatic rings. The molecule has 0 radical (unpaired) electrons. The van der Waals surface area contributed by atoms with Gasteiger partial charge in [0.05, 0.1) is 23.5 Å². The van der Waals surface area contributed by atoms with Crippen LogP contribution in [0.2, 0.25) is 5.02 Å². The van der Waals surface area contributed by atoms with Crippen molar-refractivity contribution in [3.05, 3.63) is 39.6 Å². The lowest BCUT2D eigenvalue weighted by atomic mass is 10.3. The van der Waals surface area contributed by atoms with Gasteiger partial charge in [-0.3, -0.25) is 0 Å². The second-order valence-corrected chi connectivity index (χ2v) is 4.42. The zero-order chi connectivity index (χ0) is 10.8. The van der Waals surface area contributed by atoms with Crippen molar-refractivity contribution in [1.29, 1.82) is 0 Å². The van der Waals surface area contributed by atoms with E-state index in [1.807, 2.05) is 6.07 Å². The van der Waals surface area contributed by atoms with Crippen molar-refractivity contribution in [3.63, 3.8) is 0 Å². The number of nitrogens with zero attached hydrogens (tertiary/aromatic N) is 3. The summed E-state index contributed by atoms with van der Waals surface area (Å²) in [5.41, 5.74) is 1.65. The molecule has 0 atom stereocenters. The van der Waals surface area contributed by atoms with Crippen LogP contribution in [0.15, 0.2) is 28.9 Å². The fourth-order valence-corrected chi connectivity index (χ4v) is 1.96. The summed E-state index contributed by atoms with van der Waals surface area (Å²) in [5.74, 6) is 0.353. The highest BCUT2D eigenvalue weighted by Crippen LogP contribution is 2.25. The Bertz CT molecular complexity index is 484. The van der Waals surface area contributed by atoms with Gasteiger partial charge in [0.25, 0.3) is 0 Å². The predicted octanol–water partition coefficient (Wildman–Crippen LogP) is 3.42. The van der Waals surface area contributed by atoms with Crippen LogP contribution in [0.5, 0.6) is 0 Å². The molecule has 0 saturated carbocycles. The summed E-state index contributed by atoms with van der Waals surface area (Å²) in [6, 6.07) is 5.46. The Labute approximate surface area is 105 Å². The maximum absolute atomic E-state index is 5.91. The fourth-order valence-electron chi connectivity index (χ4n) is 1.20. The van der Waals surface area contributed by atoms with E-state index in [1.165, 1.54) is 0 Å². The quantitative estimate of drug-likeness (QED) is 0.796. The van der Waals surface area contributed by atoms with Crippen LogP contribution >= 0.6 is 39.1 Å². The van der Waals surface area contributed by atoms with Gasteiger partial charge in [-0.25, -0.2) is 4.68 Å². The highest BCUT2D eigenvalue weighted by atomic mass is 79.9. The smallest absolute Gasteiger partial charge is 0.0824 e. The maximum Gasteiger partial charge on any atom is 0.0824 e. The first-order valence-corrected chi connectivity index (χ1v) is 5.84. The number of rotatable bonds is 2. The zero-order valence-electron chi connectivity index (χ0n) is 7.49. The molecular formula is C9H6BrCl2N3. The van der Waals surface area contributed by atoms with Crippen LogP contribution in [0.3, 0.4) is 0 Å². The lowest BCUT2D eigenvalue weighted by molar-refractivity contribution is 0.778. The molecule has 0 aliphatic rings. The van der Waals surface area contributed by atoms with E-state index in [0.717, 1.165) is 15.9 Å². The minimum Gasteiger partial charge on any atom is -0.215 e. The SMILES string of the molecule is ClCc1cnnn1-c1cc(Cl)ccc1Br. The second-order valence-electron chi connectivity index (χ2n) is 2.87.